The number of hydrogen-bond donors (Lipinski definition) is 1. The van der Waals surface area contributed by atoms with Crippen molar-refractivity contribution in [2.24, 2.45) is 0 Å². The summed E-state index contributed by atoms with van der Waals surface area (Å²) in [7, 11) is 2.06. The lowest BCUT2D eigenvalue weighted by Crippen LogP contribution is -2.42. The third-order valence-corrected chi connectivity index (χ3v) is 2.26. The van der Waals surface area contributed by atoms with E-state index in [1.54, 1.807) is 0 Å². The van der Waals surface area contributed by atoms with E-state index in [2.05, 4.69) is 51.0 Å². The molecule has 0 fully saturated rings. The fraction of sp³-hybridized carbons (Fsp3) is 0.909. The Labute approximate surface area is 88.1 Å². The van der Waals surface area contributed by atoms with E-state index < -0.39 is 0 Å². The normalized spacial score (nSPS) is 14.1. The molecule has 3 heteroatoms. The van der Waals surface area contributed by atoms with E-state index in [-0.39, 0.29) is 5.54 Å². The summed E-state index contributed by atoms with van der Waals surface area (Å²) in [6, 6.07) is 2.54. The maximum absolute atomic E-state index is 8.55. The molecular formula is C11H23N3. The Kier molecular flexibility index (Phi) is 5.75. The Balaban J connectivity index is 3.64. The van der Waals surface area contributed by atoms with Gasteiger partial charge in [-0.15, -0.1) is 0 Å². The lowest BCUT2D eigenvalue weighted by atomic mass is 10.1. The molecular weight excluding hydrogens is 174 g/mol. The first-order chi connectivity index (χ1) is 6.37. The maximum atomic E-state index is 8.55. The van der Waals surface area contributed by atoms with Crippen LogP contribution in [0, 0.1) is 11.3 Å². The molecule has 0 aromatic heterocycles. The van der Waals surface area contributed by atoms with Gasteiger partial charge in [0.05, 0.1) is 12.5 Å². The maximum Gasteiger partial charge on any atom is 0.0638 e. The number of nitrogens with one attached hydrogen (secondary N) is 1. The van der Waals surface area contributed by atoms with Crippen LogP contribution in [0.15, 0.2) is 0 Å². The van der Waals surface area contributed by atoms with Gasteiger partial charge in [0.2, 0.25) is 0 Å². The molecule has 1 N–H and O–H groups in total. The number of hydrogen-bond acceptors (Lipinski definition) is 3. The predicted molar refractivity (Wildman–Crippen MR) is 60.1 cm³/mol. The summed E-state index contributed by atoms with van der Waals surface area (Å²) in [6.45, 7) is 10.5. The van der Waals surface area contributed by atoms with Crippen molar-refractivity contribution in [1.82, 2.24) is 10.2 Å². The fourth-order valence-corrected chi connectivity index (χ4v) is 1.12. The van der Waals surface area contributed by atoms with Gasteiger partial charge in [-0.1, -0.05) is 0 Å². The zero-order chi connectivity index (χ0) is 11.2. The fourth-order valence-electron chi connectivity index (χ4n) is 1.12. The van der Waals surface area contributed by atoms with Crippen molar-refractivity contribution in [3.05, 3.63) is 0 Å². The number of rotatable bonds is 5. The van der Waals surface area contributed by atoms with Crippen molar-refractivity contribution in [3.63, 3.8) is 0 Å². The highest BCUT2D eigenvalue weighted by atomic mass is 15.1. The molecule has 1 atom stereocenters. The van der Waals surface area contributed by atoms with Gasteiger partial charge in [-0.2, -0.15) is 5.26 Å². The van der Waals surface area contributed by atoms with Gasteiger partial charge >= 0.3 is 0 Å². The molecule has 0 saturated heterocycles. The molecule has 82 valence electrons. The van der Waals surface area contributed by atoms with Crippen LogP contribution in [0.3, 0.4) is 0 Å². The van der Waals surface area contributed by atoms with Gasteiger partial charge in [0.1, 0.15) is 0 Å². The zero-order valence-corrected chi connectivity index (χ0v) is 10.1. The molecule has 0 heterocycles. The molecule has 0 aliphatic heterocycles. The Hall–Kier alpha value is -0.590. The topological polar surface area (TPSA) is 39.1 Å². The first kappa shape index (κ1) is 13.4. The van der Waals surface area contributed by atoms with E-state index in [9.17, 15) is 0 Å². The van der Waals surface area contributed by atoms with Crippen molar-refractivity contribution in [2.45, 2.75) is 45.7 Å². The Morgan fingerprint density at radius 2 is 2.00 bits per heavy atom. The van der Waals surface area contributed by atoms with Crippen molar-refractivity contribution in [2.75, 3.05) is 20.1 Å². The van der Waals surface area contributed by atoms with Crippen molar-refractivity contribution in [1.29, 1.82) is 5.26 Å². The number of nitriles is 1. The minimum absolute atomic E-state index is 0.180. The lowest BCUT2D eigenvalue weighted by molar-refractivity contribution is 0.250. The van der Waals surface area contributed by atoms with Crippen LogP contribution < -0.4 is 5.32 Å². The molecule has 1 unspecified atom stereocenters. The molecule has 0 aliphatic rings. The Bertz CT molecular complexity index is 188. The molecule has 0 saturated carbocycles. The van der Waals surface area contributed by atoms with Crippen LogP contribution >= 0.6 is 0 Å². The first-order valence-corrected chi connectivity index (χ1v) is 5.19. The van der Waals surface area contributed by atoms with Crippen LogP contribution in [-0.2, 0) is 0 Å². The summed E-state index contributed by atoms with van der Waals surface area (Å²) >= 11 is 0. The van der Waals surface area contributed by atoms with E-state index in [0.29, 0.717) is 12.5 Å². The van der Waals surface area contributed by atoms with Gasteiger partial charge in [-0.3, -0.25) is 0 Å². The quantitative estimate of drug-likeness (QED) is 0.728. The molecule has 0 rings (SSSR count). The van der Waals surface area contributed by atoms with Crippen molar-refractivity contribution in [3.8, 4) is 6.07 Å². The average molecular weight is 197 g/mol. The van der Waals surface area contributed by atoms with E-state index in [1.165, 1.54) is 0 Å². The van der Waals surface area contributed by atoms with E-state index in [0.717, 1.165) is 13.1 Å². The smallest absolute Gasteiger partial charge is 0.0638 e. The number of likely N-dealkylation sites (N-methyl/N-ethyl adjacent to an activating group) is 1. The standard InChI is InChI=1S/C11H23N3/c1-10(6-7-12)14(5)9-8-13-11(2,3)4/h10,13H,6,8-9H2,1-5H3. The van der Waals surface area contributed by atoms with Crippen LogP contribution in [0.5, 0.6) is 0 Å². The van der Waals surface area contributed by atoms with Crippen LogP contribution in [0.4, 0.5) is 0 Å². The van der Waals surface area contributed by atoms with E-state index in [4.69, 9.17) is 5.26 Å². The predicted octanol–water partition coefficient (Wildman–Crippen LogP) is 1.61. The summed E-state index contributed by atoms with van der Waals surface area (Å²) in [4.78, 5) is 2.21. The van der Waals surface area contributed by atoms with Gasteiger partial charge in [-0.05, 0) is 34.7 Å². The molecule has 14 heavy (non-hydrogen) atoms. The van der Waals surface area contributed by atoms with Crippen LogP contribution in [0.2, 0.25) is 0 Å². The molecule has 0 bridgehead atoms. The van der Waals surface area contributed by atoms with Gasteiger partial charge in [0.15, 0.2) is 0 Å². The third-order valence-electron chi connectivity index (χ3n) is 2.26. The average Bonchev–Trinajstić information content (AvgIpc) is 2.02. The summed E-state index contributed by atoms with van der Waals surface area (Å²) in [6.07, 6.45) is 0.603. The van der Waals surface area contributed by atoms with Crippen molar-refractivity contribution < 1.29 is 0 Å². The molecule has 0 aromatic carbocycles. The summed E-state index contributed by atoms with van der Waals surface area (Å²) in [5.74, 6) is 0. The van der Waals surface area contributed by atoms with Crippen LogP contribution in [0.1, 0.15) is 34.1 Å². The largest absolute Gasteiger partial charge is 0.311 e. The monoisotopic (exact) mass is 197 g/mol. The Morgan fingerprint density at radius 1 is 1.43 bits per heavy atom. The molecule has 0 amide bonds. The van der Waals surface area contributed by atoms with E-state index >= 15 is 0 Å². The molecule has 3 nitrogen and oxygen atoms in total. The number of nitrogens with zero attached hydrogens (tertiary/aromatic N) is 2. The molecule has 0 radical (unpaired) electrons. The Morgan fingerprint density at radius 3 is 2.43 bits per heavy atom. The van der Waals surface area contributed by atoms with Gasteiger partial charge in [0.25, 0.3) is 0 Å². The summed E-state index contributed by atoms with van der Waals surface area (Å²) in [5.41, 5.74) is 0.180. The van der Waals surface area contributed by atoms with Crippen LogP contribution in [-0.4, -0.2) is 36.6 Å². The minimum atomic E-state index is 0.180. The third kappa shape index (κ3) is 6.88. The highest BCUT2D eigenvalue weighted by Gasteiger charge is 2.11. The molecule has 0 aliphatic carbocycles. The SMILES string of the molecule is CC(CC#N)N(C)CCNC(C)(C)C. The van der Waals surface area contributed by atoms with Crippen LogP contribution in [0.25, 0.3) is 0 Å². The van der Waals surface area contributed by atoms with Crippen molar-refractivity contribution >= 4 is 0 Å². The highest BCUT2D eigenvalue weighted by Crippen LogP contribution is 2.00. The minimum Gasteiger partial charge on any atom is -0.311 e. The lowest BCUT2D eigenvalue weighted by Gasteiger charge is -2.26. The van der Waals surface area contributed by atoms with Gasteiger partial charge in [-0.25, -0.2) is 0 Å². The zero-order valence-electron chi connectivity index (χ0n) is 10.1. The first-order valence-electron chi connectivity index (χ1n) is 5.19. The van der Waals surface area contributed by atoms with E-state index in [1.807, 2.05) is 0 Å². The summed E-state index contributed by atoms with van der Waals surface area (Å²) < 4.78 is 0. The second-order valence-electron chi connectivity index (χ2n) is 4.87. The second-order valence-corrected chi connectivity index (χ2v) is 4.87. The molecule has 0 aromatic rings. The second kappa shape index (κ2) is 6.00. The molecule has 0 spiro atoms. The summed E-state index contributed by atoms with van der Waals surface area (Å²) in [5, 5.41) is 12.0. The highest BCUT2D eigenvalue weighted by molar-refractivity contribution is 4.79. The van der Waals surface area contributed by atoms with Gasteiger partial charge < -0.3 is 10.2 Å². The van der Waals surface area contributed by atoms with Gasteiger partial charge in [0, 0.05) is 24.7 Å².